The fourth-order valence-corrected chi connectivity index (χ4v) is 0.0577. The number of hydrogen-bond donors (Lipinski definition) is 11. The van der Waals surface area contributed by atoms with E-state index in [4.69, 9.17) is 53.7 Å². The van der Waals surface area contributed by atoms with Crippen molar-refractivity contribution < 1.29 is 53.7 Å². The first-order chi connectivity index (χ1) is 6.81. The lowest BCUT2D eigenvalue weighted by Crippen LogP contribution is -2.33. The first kappa shape index (κ1) is 21.3. The smallest absolute Gasteiger partial charge is 0.394 e. The predicted molar refractivity (Wildman–Crippen MR) is 49.4 cm³/mol. The topological polar surface area (TPSA) is 223 Å². The fourth-order valence-electron chi connectivity index (χ4n) is 0.0577. The summed E-state index contributed by atoms with van der Waals surface area (Å²) in [6, 6.07) is 0. The molecule has 0 rings (SSSR count). The van der Waals surface area contributed by atoms with Crippen LogP contribution in [0.3, 0.4) is 0 Å². The van der Waals surface area contributed by atoms with Gasteiger partial charge in [-0.25, -0.2) is 0 Å². The van der Waals surface area contributed by atoms with E-state index in [0.717, 1.165) is 0 Å². The molecule has 0 aromatic carbocycles. The van der Waals surface area contributed by atoms with Gasteiger partial charge in [0.05, 0.1) is 13.2 Å². The second-order valence-corrected chi connectivity index (χ2v) is 4.62. The SMILES string of the molecule is OCC(O)CO.O[Si](O)(O)O.O[Si](O)(O)O. The average Bonchev–Trinajstić information content (AvgIpc) is 1.96. The fraction of sp³-hybridized carbons (Fsp3) is 1.00. The minimum Gasteiger partial charge on any atom is -0.394 e. The molecule has 0 bridgehead atoms. The van der Waals surface area contributed by atoms with Crippen LogP contribution < -0.4 is 0 Å². The van der Waals surface area contributed by atoms with E-state index in [1.165, 1.54) is 0 Å². The first-order valence-corrected chi connectivity index (χ1v) is 7.07. The van der Waals surface area contributed by atoms with Crippen LogP contribution in [0.1, 0.15) is 0 Å². The second-order valence-electron chi connectivity index (χ2n) is 2.22. The van der Waals surface area contributed by atoms with Gasteiger partial charge in [0.25, 0.3) is 0 Å². The molecule has 16 heavy (non-hydrogen) atoms. The van der Waals surface area contributed by atoms with Crippen molar-refractivity contribution in [3.63, 3.8) is 0 Å². The van der Waals surface area contributed by atoms with Crippen molar-refractivity contribution in [1.29, 1.82) is 0 Å². The van der Waals surface area contributed by atoms with Crippen LogP contribution in [0, 0.1) is 0 Å². The van der Waals surface area contributed by atoms with E-state index in [2.05, 4.69) is 0 Å². The molecule has 0 saturated heterocycles. The highest BCUT2D eigenvalue weighted by Gasteiger charge is 2.22. The molecule has 0 aliphatic rings. The van der Waals surface area contributed by atoms with Gasteiger partial charge in [0.2, 0.25) is 0 Å². The molecular weight excluding hydrogens is 268 g/mol. The molecule has 13 heteroatoms. The number of aliphatic hydroxyl groups is 3. The molecule has 0 atom stereocenters. The van der Waals surface area contributed by atoms with E-state index in [-0.39, 0.29) is 13.2 Å². The molecule has 0 aliphatic carbocycles. The van der Waals surface area contributed by atoms with Gasteiger partial charge in [-0.3, -0.25) is 0 Å². The van der Waals surface area contributed by atoms with Crippen molar-refractivity contribution in [1.82, 2.24) is 0 Å². The highest BCUT2D eigenvalue weighted by Crippen LogP contribution is 1.71. The normalized spacial score (nSPS) is 11.2. The van der Waals surface area contributed by atoms with Crippen LogP contribution in [0.25, 0.3) is 0 Å². The Hall–Kier alpha value is -0.00623. The third kappa shape index (κ3) is 148. The summed E-state index contributed by atoms with van der Waals surface area (Å²) in [6.45, 7) is -0.729. The van der Waals surface area contributed by atoms with Gasteiger partial charge in [-0.05, 0) is 0 Å². The Kier molecular flexibility index (Phi) is 13.5. The lowest BCUT2D eigenvalue weighted by molar-refractivity contribution is 0.0450. The maximum atomic E-state index is 8.17. The highest BCUT2D eigenvalue weighted by molar-refractivity contribution is 6.47. The third-order valence-corrected chi connectivity index (χ3v) is 0.421. The van der Waals surface area contributed by atoms with Gasteiger partial charge in [0.15, 0.2) is 0 Å². The Bertz CT molecular complexity index is 111. The van der Waals surface area contributed by atoms with Gasteiger partial charge in [-0.2, -0.15) is 0 Å². The molecule has 11 N–H and O–H groups in total. The van der Waals surface area contributed by atoms with Crippen molar-refractivity contribution in [3.05, 3.63) is 0 Å². The summed E-state index contributed by atoms with van der Waals surface area (Å²) < 4.78 is 0. The zero-order valence-electron chi connectivity index (χ0n) is 7.91. The molecule has 0 saturated carbocycles. The summed E-state index contributed by atoms with van der Waals surface area (Å²) in [4.78, 5) is 58.6. The molecule has 0 fully saturated rings. The quantitative estimate of drug-likeness (QED) is 0.214. The van der Waals surface area contributed by atoms with Crippen molar-refractivity contribution in [2.24, 2.45) is 0 Å². The molecule has 0 amide bonds. The van der Waals surface area contributed by atoms with Crippen LogP contribution in [0.2, 0.25) is 0 Å². The molecule has 0 aromatic rings. The zero-order valence-corrected chi connectivity index (χ0v) is 9.91. The van der Waals surface area contributed by atoms with Crippen LogP contribution in [-0.4, -0.2) is 91.1 Å². The summed E-state index contributed by atoms with van der Waals surface area (Å²) in [7, 11) is -9.22. The van der Waals surface area contributed by atoms with Crippen LogP contribution in [0.15, 0.2) is 0 Å². The van der Waals surface area contributed by atoms with Crippen molar-refractivity contribution in [2.75, 3.05) is 13.2 Å². The Balaban J connectivity index is -0.000000160. The molecule has 0 aliphatic heterocycles. The van der Waals surface area contributed by atoms with E-state index < -0.39 is 24.2 Å². The first-order valence-electron chi connectivity index (χ1n) is 3.50. The second kappa shape index (κ2) is 10.2. The summed E-state index contributed by atoms with van der Waals surface area (Å²) in [5.74, 6) is 0. The lowest BCUT2D eigenvalue weighted by Gasteiger charge is -1.96. The molecule has 102 valence electrons. The molecule has 0 radical (unpaired) electrons. The van der Waals surface area contributed by atoms with Gasteiger partial charge >= 0.3 is 18.1 Å². The van der Waals surface area contributed by atoms with Crippen LogP contribution >= 0.6 is 0 Å². The summed E-state index contributed by atoms with van der Waals surface area (Å²) in [5.41, 5.74) is 0. The Labute approximate surface area is 92.0 Å². The number of hydrogen-bond acceptors (Lipinski definition) is 11. The molecule has 0 aromatic heterocycles. The van der Waals surface area contributed by atoms with Crippen LogP contribution in [-0.2, 0) is 0 Å². The van der Waals surface area contributed by atoms with Gasteiger partial charge in [0, 0.05) is 0 Å². The van der Waals surface area contributed by atoms with E-state index in [1.807, 2.05) is 0 Å². The molecular formula is C3H16O11Si2. The highest BCUT2D eigenvalue weighted by atomic mass is 28.4. The van der Waals surface area contributed by atoms with Gasteiger partial charge in [-0.15, -0.1) is 0 Å². The summed E-state index contributed by atoms with van der Waals surface area (Å²) in [6.07, 6.45) is -0.954. The van der Waals surface area contributed by atoms with Crippen molar-refractivity contribution in [3.8, 4) is 0 Å². The zero-order chi connectivity index (χ0) is 14.0. The maximum Gasteiger partial charge on any atom is 0.668 e. The van der Waals surface area contributed by atoms with E-state index in [9.17, 15) is 0 Å². The number of rotatable bonds is 2. The largest absolute Gasteiger partial charge is 0.668 e. The summed E-state index contributed by atoms with van der Waals surface area (Å²) >= 11 is 0. The predicted octanol–water partition coefficient (Wildman–Crippen LogP) is -6.89. The molecule has 11 nitrogen and oxygen atoms in total. The average molecular weight is 284 g/mol. The Morgan fingerprint density at radius 3 is 0.750 bits per heavy atom. The monoisotopic (exact) mass is 284 g/mol. The standard InChI is InChI=1S/C3H8O3.2H4O4Si/c4-1-3(6)2-5;2*1-5(2,3)4/h3-6H,1-2H2;2*1-4H. The molecule has 0 spiro atoms. The van der Waals surface area contributed by atoms with Gasteiger partial charge in [-0.1, -0.05) is 0 Å². The Morgan fingerprint density at radius 2 is 0.750 bits per heavy atom. The maximum absolute atomic E-state index is 8.17. The molecule has 0 unspecified atom stereocenters. The van der Waals surface area contributed by atoms with Crippen molar-refractivity contribution >= 4 is 18.1 Å². The number of aliphatic hydroxyl groups excluding tert-OH is 3. The minimum absolute atomic E-state index is 0.365. The minimum atomic E-state index is -4.61. The third-order valence-electron chi connectivity index (χ3n) is 0.421. The summed E-state index contributed by atoms with van der Waals surface area (Å²) in [5, 5.41) is 24.0. The van der Waals surface area contributed by atoms with Gasteiger partial charge < -0.3 is 53.7 Å². The van der Waals surface area contributed by atoms with E-state index in [1.54, 1.807) is 0 Å². The lowest BCUT2D eigenvalue weighted by atomic mass is 10.4. The van der Waals surface area contributed by atoms with Crippen molar-refractivity contribution in [2.45, 2.75) is 6.10 Å². The van der Waals surface area contributed by atoms with Crippen LogP contribution in [0.4, 0.5) is 0 Å². The molecule has 0 heterocycles. The van der Waals surface area contributed by atoms with E-state index in [0.29, 0.717) is 0 Å². The Morgan fingerprint density at radius 1 is 0.625 bits per heavy atom. The van der Waals surface area contributed by atoms with Crippen LogP contribution in [0.5, 0.6) is 0 Å². The van der Waals surface area contributed by atoms with Gasteiger partial charge in [0.1, 0.15) is 6.10 Å². The van der Waals surface area contributed by atoms with E-state index >= 15 is 0 Å².